The number of aromatic nitrogens is 3. The SMILES string of the molecule is CC(C)c1cc(-c2cc(C(=O)O)n[nH]2)on1. The fourth-order valence-corrected chi connectivity index (χ4v) is 1.25. The molecule has 0 atom stereocenters. The van der Waals surface area contributed by atoms with Crippen LogP contribution < -0.4 is 0 Å². The highest BCUT2D eigenvalue weighted by Gasteiger charge is 2.14. The molecular formula is C10H11N3O3. The Hall–Kier alpha value is -2.11. The fraction of sp³-hybridized carbons (Fsp3) is 0.300. The topological polar surface area (TPSA) is 92.0 Å². The van der Waals surface area contributed by atoms with Gasteiger partial charge in [0.2, 0.25) is 0 Å². The summed E-state index contributed by atoms with van der Waals surface area (Å²) in [5.74, 6) is -0.325. The Bertz CT molecular complexity index is 513. The third-order valence-corrected chi connectivity index (χ3v) is 2.18. The number of aromatic carboxylic acids is 1. The molecule has 16 heavy (non-hydrogen) atoms. The van der Waals surface area contributed by atoms with Gasteiger partial charge in [0.05, 0.1) is 5.69 Å². The molecular weight excluding hydrogens is 210 g/mol. The molecule has 0 aliphatic rings. The van der Waals surface area contributed by atoms with Crippen LogP contribution in [0.5, 0.6) is 0 Å². The first-order valence-corrected chi connectivity index (χ1v) is 4.83. The normalized spacial score (nSPS) is 10.9. The predicted molar refractivity (Wildman–Crippen MR) is 55.1 cm³/mol. The first-order valence-electron chi connectivity index (χ1n) is 4.83. The third kappa shape index (κ3) is 1.81. The molecule has 6 heteroatoms. The van der Waals surface area contributed by atoms with E-state index in [9.17, 15) is 4.79 Å². The molecule has 0 aromatic carbocycles. The second-order valence-corrected chi connectivity index (χ2v) is 3.74. The van der Waals surface area contributed by atoms with Crippen LogP contribution in [-0.2, 0) is 0 Å². The Morgan fingerprint density at radius 3 is 2.75 bits per heavy atom. The van der Waals surface area contributed by atoms with Crippen molar-refractivity contribution in [2.75, 3.05) is 0 Å². The molecule has 84 valence electrons. The Morgan fingerprint density at radius 1 is 1.50 bits per heavy atom. The number of carbonyl (C=O) groups is 1. The highest BCUT2D eigenvalue weighted by atomic mass is 16.5. The van der Waals surface area contributed by atoms with Crippen molar-refractivity contribution < 1.29 is 14.4 Å². The van der Waals surface area contributed by atoms with Crippen LogP contribution in [-0.4, -0.2) is 26.4 Å². The molecule has 2 aromatic rings. The van der Waals surface area contributed by atoms with Gasteiger partial charge >= 0.3 is 5.97 Å². The van der Waals surface area contributed by atoms with Crippen molar-refractivity contribution in [3.05, 3.63) is 23.5 Å². The third-order valence-electron chi connectivity index (χ3n) is 2.18. The molecule has 0 fully saturated rings. The molecule has 0 unspecified atom stereocenters. The molecule has 0 bridgehead atoms. The molecule has 2 N–H and O–H groups in total. The van der Waals surface area contributed by atoms with Crippen molar-refractivity contribution in [2.45, 2.75) is 19.8 Å². The lowest BCUT2D eigenvalue weighted by Gasteiger charge is -1.93. The standard InChI is InChI=1S/C10H11N3O3/c1-5(2)6-4-9(16-13-6)7-3-8(10(14)15)12-11-7/h3-5H,1-2H3,(H,11,12)(H,14,15). The maximum absolute atomic E-state index is 10.6. The smallest absolute Gasteiger partial charge is 0.356 e. The number of H-pyrrole nitrogens is 1. The molecule has 0 radical (unpaired) electrons. The van der Waals surface area contributed by atoms with Gasteiger partial charge in [0.25, 0.3) is 0 Å². The summed E-state index contributed by atoms with van der Waals surface area (Å²) in [6, 6.07) is 3.18. The average Bonchev–Trinajstić information content (AvgIpc) is 2.86. The van der Waals surface area contributed by atoms with E-state index in [0.29, 0.717) is 11.5 Å². The summed E-state index contributed by atoms with van der Waals surface area (Å²) in [7, 11) is 0. The summed E-state index contributed by atoms with van der Waals surface area (Å²) in [6.07, 6.45) is 0. The number of rotatable bonds is 3. The Labute approximate surface area is 91.3 Å². The average molecular weight is 221 g/mol. The maximum Gasteiger partial charge on any atom is 0.356 e. The molecule has 2 rings (SSSR count). The molecule has 0 saturated heterocycles. The largest absolute Gasteiger partial charge is 0.476 e. The predicted octanol–water partition coefficient (Wildman–Crippen LogP) is 1.89. The van der Waals surface area contributed by atoms with E-state index < -0.39 is 5.97 Å². The number of nitrogens with one attached hydrogen (secondary N) is 1. The molecule has 0 amide bonds. The van der Waals surface area contributed by atoms with Crippen LogP contribution in [0.15, 0.2) is 16.7 Å². The number of hydrogen-bond acceptors (Lipinski definition) is 4. The van der Waals surface area contributed by atoms with Crippen LogP contribution in [0.25, 0.3) is 11.5 Å². The number of carboxylic acid groups (broad SMARTS) is 1. The molecule has 0 aliphatic heterocycles. The van der Waals surface area contributed by atoms with Gasteiger partial charge in [-0.2, -0.15) is 5.10 Å². The van der Waals surface area contributed by atoms with Gasteiger partial charge in [-0.3, -0.25) is 5.10 Å². The van der Waals surface area contributed by atoms with Gasteiger partial charge in [-0.1, -0.05) is 19.0 Å². The van der Waals surface area contributed by atoms with Crippen LogP contribution >= 0.6 is 0 Å². The van der Waals surface area contributed by atoms with E-state index in [1.54, 1.807) is 6.07 Å². The Kier molecular flexibility index (Phi) is 2.47. The van der Waals surface area contributed by atoms with Crippen molar-refractivity contribution >= 4 is 5.97 Å². The van der Waals surface area contributed by atoms with Gasteiger partial charge in [0.15, 0.2) is 11.5 Å². The fourth-order valence-electron chi connectivity index (χ4n) is 1.25. The summed E-state index contributed by atoms with van der Waals surface area (Å²) in [6.45, 7) is 3.99. The quantitative estimate of drug-likeness (QED) is 0.825. The molecule has 0 aliphatic carbocycles. The van der Waals surface area contributed by atoms with Gasteiger partial charge in [-0.15, -0.1) is 0 Å². The molecule has 0 saturated carbocycles. The summed E-state index contributed by atoms with van der Waals surface area (Å²) in [5, 5.41) is 18.8. The molecule has 2 aromatic heterocycles. The monoisotopic (exact) mass is 221 g/mol. The Balaban J connectivity index is 2.31. The van der Waals surface area contributed by atoms with Crippen LogP contribution in [0.2, 0.25) is 0 Å². The first kappa shape index (κ1) is 10.4. The van der Waals surface area contributed by atoms with Crippen LogP contribution in [0.1, 0.15) is 35.9 Å². The van der Waals surface area contributed by atoms with Crippen molar-refractivity contribution in [3.63, 3.8) is 0 Å². The van der Waals surface area contributed by atoms with Crippen molar-refractivity contribution in [3.8, 4) is 11.5 Å². The highest BCUT2D eigenvalue weighted by Crippen LogP contribution is 2.22. The van der Waals surface area contributed by atoms with Gasteiger partial charge in [0.1, 0.15) is 5.69 Å². The van der Waals surface area contributed by atoms with Gasteiger partial charge < -0.3 is 9.63 Å². The Morgan fingerprint density at radius 2 is 2.25 bits per heavy atom. The van der Waals surface area contributed by atoms with Gasteiger partial charge in [-0.25, -0.2) is 4.79 Å². The van der Waals surface area contributed by atoms with E-state index in [1.165, 1.54) is 6.07 Å². The summed E-state index contributed by atoms with van der Waals surface area (Å²) < 4.78 is 5.09. The van der Waals surface area contributed by atoms with Crippen LogP contribution in [0, 0.1) is 0 Å². The van der Waals surface area contributed by atoms with Gasteiger partial charge in [0, 0.05) is 12.1 Å². The summed E-state index contributed by atoms with van der Waals surface area (Å²) in [4.78, 5) is 10.6. The van der Waals surface area contributed by atoms with E-state index in [-0.39, 0.29) is 11.6 Å². The van der Waals surface area contributed by atoms with E-state index in [2.05, 4.69) is 15.4 Å². The van der Waals surface area contributed by atoms with Gasteiger partial charge in [-0.05, 0) is 5.92 Å². The second kappa shape index (κ2) is 3.80. The zero-order valence-electron chi connectivity index (χ0n) is 8.89. The van der Waals surface area contributed by atoms with Crippen molar-refractivity contribution in [2.24, 2.45) is 0 Å². The molecule has 6 nitrogen and oxygen atoms in total. The lowest BCUT2D eigenvalue weighted by Crippen LogP contribution is -1.95. The number of aromatic amines is 1. The minimum Gasteiger partial charge on any atom is -0.476 e. The summed E-state index contributed by atoms with van der Waals surface area (Å²) >= 11 is 0. The second-order valence-electron chi connectivity index (χ2n) is 3.74. The van der Waals surface area contributed by atoms with Crippen LogP contribution in [0.3, 0.4) is 0 Å². The molecule has 2 heterocycles. The maximum atomic E-state index is 10.6. The number of hydrogen-bond donors (Lipinski definition) is 2. The lowest BCUT2D eigenvalue weighted by atomic mass is 10.1. The minimum absolute atomic E-state index is 0.0440. The number of carboxylic acids is 1. The van der Waals surface area contributed by atoms with E-state index in [4.69, 9.17) is 9.63 Å². The minimum atomic E-state index is -1.08. The van der Waals surface area contributed by atoms with Crippen molar-refractivity contribution in [1.29, 1.82) is 0 Å². The van der Waals surface area contributed by atoms with Crippen molar-refractivity contribution in [1.82, 2.24) is 15.4 Å². The van der Waals surface area contributed by atoms with E-state index in [0.717, 1.165) is 5.69 Å². The highest BCUT2D eigenvalue weighted by molar-refractivity contribution is 5.86. The summed E-state index contributed by atoms with van der Waals surface area (Å²) in [5.41, 5.74) is 1.29. The van der Waals surface area contributed by atoms with E-state index in [1.807, 2.05) is 13.8 Å². The van der Waals surface area contributed by atoms with Crippen LogP contribution in [0.4, 0.5) is 0 Å². The van der Waals surface area contributed by atoms with E-state index >= 15 is 0 Å². The number of nitrogens with zero attached hydrogens (tertiary/aromatic N) is 2. The molecule has 0 spiro atoms. The lowest BCUT2D eigenvalue weighted by molar-refractivity contribution is 0.0690. The zero-order chi connectivity index (χ0) is 11.7. The zero-order valence-corrected chi connectivity index (χ0v) is 8.89. The first-order chi connectivity index (χ1) is 7.58.